The number of nitrogens with one attached hydrogen (secondary N) is 2. The number of benzene rings is 1. The Kier molecular flexibility index (Phi) is 5.66. The SMILES string of the molecule is Cc1ccc(NC(NC(=O)c2cc(Br)co2)C(Cl)(Cl)Cl)cc1. The van der Waals surface area contributed by atoms with Crippen LogP contribution in [0.15, 0.2) is 45.5 Å². The Morgan fingerprint density at radius 1 is 1.27 bits per heavy atom. The van der Waals surface area contributed by atoms with E-state index in [0.717, 1.165) is 5.56 Å². The van der Waals surface area contributed by atoms with Crippen molar-refractivity contribution in [3.05, 3.63) is 52.4 Å². The van der Waals surface area contributed by atoms with Gasteiger partial charge in [-0.25, -0.2) is 0 Å². The predicted molar refractivity (Wildman–Crippen MR) is 92.8 cm³/mol. The van der Waals surface area contributed by atoms with Crippen molar-refractivity contribution in [1.82, 2.24) is 5.32 Å². The number of alkyl halides is 3. The highest BCUT2D eigenvalue weighted by molar-refractivity contribution is 9.10. The molecule has 0 bridgehead atoms. The average Bonchev–Trinajstić information content (AvgIpc) is 2.86. The van der Waals surface area contributed by atoms with Crippen LogP contribution in [0.1, 0.15) is 16.1 Å². The topological polar surface area (TPSA) is 54.3 Å². The van der Waals surface area contributed by atoms with Gasteiger partial charge in [0.2, 0.25) is 3.79 Å². The van der Waals surface area contributed by atoms with E-state index in [1.54, 1.807) is 0 Å². The zero-order chi connectivity index (χ0) is 16.3. The highest BCUT2D eigenvalue weighted by atomic mass is 79.9. The van der Waals surface area contributed by atoms with Gasteiger partial charge in [-0.1, -0.05) is 52.5 Å². The molecule has 2 N–H and O–H groups in total. The molecule has 2 aromatic rings. The molecule has 1 heterocycles. The van der Waals surface area contributed by atoms with Gasteiger partial charge in [-0.2, -0.15) is 0 Å². The molecule has 0 aliphatic heterocycles. The summed E-state index contributed by atoms with van der Waals surface area (Å²) < 4.78 is 3.99. The minimum atomic E-state index is -1.75. The van der Waals surface area contributed by atoms with Gasteiger partial charge in [0.05, 0.1) is 4.47 Å². The summed E-state index contributed by atoms with van der Waals surface area (Å²) in [6.45, 7) is 1.97. The molecule has 1 atom stereocenters. The molecule has 1 amide bonds. The fourth-order valence-corrected chi connectivity index (χ4v) is 2.28. The minimum absolute atomic E-state index is 0.108. The lowest BCUT2D eigenvalue weighted by Gasteiger charge is -2.27. The molecular weight excluding hydrogens is 414 g/mol. The van der Waals surface area contributed by atoms with Gasteiger partial charge < -0.3 is 15.1 Å². The molecule has 0 fully saturated rings. The van der Waals surface area contributed by atoms with Gasteiger partial charge in [-0.05, 0) is 35.0 Å². The van der Waals surface area contributed by atoms with Crippen molar-refractivity contribution < 1.29 is 9.21 Å². The van der Waals surface area contributed by atoms with Crippen molar-refractivity contribution in [3.63, 3.8) is 0 Å². The Labute approximate surface area is 151 Å². The van der Waals surface area contributed by atoms with Crippen molar-refractivity contribution >= 4 is 62.3 Å². The fraction of sp³-hybridized carbons (Fsp3) is 0.214. The van der Waals surface area contributed by atoms with Gasteiger partial charge in [0.1, 0.15) is 12.4 Å². The van der Waals surface area contributed by atoms with Crippen molar-refractivity contribution in [2.75, 3.05) is 5.32 Å². The molecule has 1 aromatic carbocycles. The van der Waals surface area contributed by atoms with E-state index in [1.165, 1.54) is 12.3 Å². The van der Waals surface area contributed by atoms with Crippen LogP contribution in [0.3, 0.4) is 0 Å². The van der Waals surface area contributed by atoms with Crippen LogP contribution in [0.2, 0.25) is 0 Å². The fourth-order valence-electron chi connectivity index (χ4n) is 1.65. The number of halogens is 4. The number of amides is 1. The molecule has 1 aromatic heterocycles. The number of furan rings is 1. The summed E-state index contributed by atoms with van der Waals surface area (Å²) >= 11 is 21.0. The molecule has 0 aliphatic rings. The molecule has 118 valence electrons. The Bertz CT molecular complexity index is 653. The van der Waals surface area contributed by atoms with Crippen LogP contribution >= 0.6 is 50.7 Å². The molecule has 0 radical (unpaired) electrons. The summed E-state index contributed by atoms with van der Waals surface area (Å²) in [5.74, 6) is -0.390. The van der Waals surface area contributed by atoms with Gasteiger partial charge in [0.15, 0.2) is 5.76 Å². The molecule has 4 nitrogen and oxygen atoms in total. The first-order chi connectivity index (χ1) is 10.3. The van der Waals surface area contributed by atoms with Gasteiger partial charge >= 0.3 is 0 Å². The molecule has 1 unspecified atom stereocenters. The summed E-state index contributed by atoms with van der Waals surface area (Å²) in [5.41, 5.74) is 1.81. The van der Waals surface area contributed by atoms with Gasteiger partial charge in [-0.3, -0.25) is 4.79 Å². The predicted octanol–water partition coefficient (Wildman–Crippen LogP) is 4.89. The minimum Gasteiger partial charge on any atom is -0.458 e. The standard InChI is InChI=1S/C14H12BrCl3N2O2/c1-8-2-4-10(5-3-8)19-13(14(16,17)18)20-12(21)11-6-9(15)7-22-11/h2-7,13,19H,1H3,(H,20,21). The third-order valence-electron chi connectivity index (χ3n) is 2.76. The van der Waals surface area contributed by atoms with Crippen LogP contribution in [-0.2, 0) is 0 Å². The quantitative estimate of drug-likeness (QED) is 0.541. The maximum absolute atomic E-state index is 12.1. The van der Waals surface area contributed by atoms with Gasteiger partial charge in [0.25, 0.3) is 5.91 Å². The first kappa shape index (κ1) is 17.5. The van der Waals surface area contributed by atoms with Crippen molar-refractivity contribution in [2.45, 2.75) is 16.9 Å². The Morgan fingerprint density at radius 2 is 1.91 bits per heavy atom. The van der Waals surface area contributed by atoms with E-state index in [9.17, 15) is 4.79 Å². The summed E-state index contributed by atoms with van der Waals surface area (Å²) in [5, 5.41) is 5.56. The van der Waals surface area contributed by atoms with Crippen LogP contribution in [0.5, 0.6) is 0 Å². The average molecular weight is 427 g/mol. The summed E-state index contributed by atoms with van der Waals surface area (Å²) in [6.07, 6.45) is 0.462. The van der Waals surface area contributed by atoms with Crippen LogP contribution in [-0.4, -0.2) is 15.9 Å². The molecule has 0 spiro atoms. The van der Waals surface area contributed by atoms with Crippen molar-refractivity contribution in [2.24, 2.45) is 0 Å². The number of hydrogen-bond acceptors (Lipinski definition) is 3. The monoisotopic (exact) mass is 424 g/mol. The van der Waals surface area contributed by atoms with Crippen LogP contribution < -0.4 is 10.6 Å². The lowest BCUT2D eigenvalue weighted by molar-refractivity contribution is 0.0914. The molecule has 8 heteroatoms. The lowest BCUT2D eigenvalue weighted by Crippen LogP contribution is -2.49. The second-order valence-electron chi connectivity index (χ2n) is 4.59. The molecule has 0 saturated carbocycles. The molecule has 2 rings (SSSR count). The zero-order valence-electron chi connectivity index (χ0n) is 11.4. The van der Waals surface area contributed by atoms with Crippen molar-refractivity contribution in [1.29, 1.82) is 0 Å². The molecule has 22 heavy (non-hydrogen) atoms. The number of carbonyl (C=O) groups excluding carboxylic acids is 1. The Hall–Kier alpha value is -0.880. The van der Waals surface area contributed by atoms with E-state index in [2.05, 4.69) is 26.6 Å². The number of carbonyl (C=O) groups is 1. The van der Waals surface area contributed by atoms with Gasteiger partial charge in [-0.15, -0.1) is 0 Å². The number of hydrogen-bond donors (Lipinski definition) is 2. The lowest BCUT2D eigenvalue weighted by atomic mass is 10.2. The maximum Gasteiger partial charge on any atom is 0.288 e. The van der Waals surface area contributed by atoms with Crippen molar-refractivity contribution in [3.8, 4) is 0 Å². The number of anilines is 1. The third-order valence-corrected chi connectivity index (χ3v) is 3.83. The van der Waals surface area contributed by atoms with Crippen LogP contribution in [0.25, 0.3) is 0 Å². The van der Waals surface area contributed by atoms with E-state index in [4.69, 9.17) is 39.2 Å². The van der Waals surface area contributed by atoms with E-state index in [1.807, 2.05) is 31.2 Å². The largest absolute Gasteiger partial charge is 0.458 e. The zero-order valence-corrected chi connectivity index (χ0v) is 15.2. The summed E-state index contributed by atoms with van der Waals surface area (Å²) in [4.78, 5) is 12.1. The van der Waals surface area contributed by atoms with Gasteiger partial charge in [0, 0.05) is 11.8 Å². The van der Waals surface area contributed by atoms with E-state index < -0.39 is 15.9 Å². The summed E-state index contributed by atoms with van der Waals surface area (Å²) in [6, 6.07) is 8.99. The second kappa shape index (κ2) is 7.13. The highest BCUT2D eigenvalue weighted by Crippen LogP contribution is 2.31. The Morgan fingerprint density at radius 3 is 2.41 bits per heavy atom. The summed E-state index contributed by atoms with van der Waals surface area (Å²) in [7, 11) is 0. The molecule has 0 saturated heterocycles. The third kappa shape index (κ3) is 4.81. The first-order valence-electron chi connectivity index (χ1n) is 6.20. The van der Waals surface area contributed by atoms with E-state index >= 15 is 0 Å². The van der Waals surface area contributed by atoms with E-state index in [-0.39, 0.29) is 5.76 Å². The number of aryl methyl sites for hydroxylation is 1. The Balaban J connectivity index is 2.13. The number of rotatable bonds is 4. The molecular formula is C14H12BrCl3N2O2. The first-order valence-corrected chi connectivity index (χ1v) is 8.13. The second-order valence-corrected chi connectivity index (χ2v) is 7.87. The molecule has 0 aliphatic carbocycles. The highest BCUT2D eigenvalue weighted by Gasteiger charge is 2.34. The van der Waals surface area contributed by atoms with E-state index in [0.29, 0.717) is 10.2 Å². The smallest absolute Gasteiger partial charge is 0.288 e. The maximum atomic E-state index is 12.1. The van der Waals surface area contributed by atoms with Crippen LogP contribution in [0.4, 0.5) is 5.69 Å². The van der Waals surface area contributed by atoms with Crippen LogP contribution in [0, 0.1) is 6.92 Å². The normalized spacial score (nSPS) is 12.8.